The molecule has 1 aromatic heterocycles. The first-order valence-electron chi connectivity index (χ1n) is 9.50. The second-order valence-corrected chi connectivity index (χ2v) is 10.3. The average Bonchev–Trinajstić information content (AvgIpc) is 2.74. The summed E-state index contributed by atoms with van der Waals surface area (Å²) in [5.41, 5.74) is -0.321. The molecule has 2 aromatic rings. The van der Waals surface area contributed by atoms with E-state index in [2.05, 4.69) is 9.97 Å². The Morgan fingerprint density at radius 3 is 2.44 bits per heavy atom. The Morgan fingerprint density at radius 2 is 1.88 bits per heavy atom. The molecule has 0 aliphatic carbocycles. The Kier molecular flexibility index (Phi) is 5.68. The van der Waals surface area contributed by atoms with E-state index < -0.39 is 38.4 Å². The van der Waals surface area contributed by atoms with Crippen LogP contribution in [0.25, 0.3) is 0 Å². The van der Waals surface area contributed by atoms with Crippen molar-refractivity contribution in [3.05, 3.63) is 36.0 Å². The summed E-state index contributed by atoms with van der Waals surface area (Å²) in [5, 5.41) is 9.18. The number of sulfone groups is 1. The van der Waals surface area contributed by atoms with Crippen LogP contribution in [-0.2, 0) is 14.6 Å². The Labute approximate surface area is 185 Å². The summed E-state index contributed by atoms with van der Waals surface area (Å²) in [7, 11) is -2.39. The monoisotopic (exact) mass is 461 g/mol. The number of hydrogen-bond acceptors (Lipinski definition) is 7. The molecule has 3 rings (SSSR count). The van der Waals surface area contributed by atoms with Gasteiger partial charge in [-0.15, -0.1) is 0 Å². The Bertz CT molecular complexity index is 1220. The summed E-state index contributed by atoms with van der Waals surface area (Å²) < 4.78 is 24.0. The third kappa shape index (κ3) is 4.26. The smallest absolute Gasteiger partial charge is 0.412 e. The summed E-state index contributed by atoms with van der Waals surface area (Å²) in [4.78, 5) is 49.0. The van der Waals surface area contributed by atoms with Gasteiger partial charge in [-0.3, -0.25) is 19.4 Å². The van der Waals surface area contributed by atoms with E-state index in [1.807, 2.05) is 0 Å². The van der Waals surface area contributed by atoms with Crippen molar-refractivity contribution in [2.45, 2.75) is 31.5 Å². The molecule has 0 saturated carbocycles. The van der Waals surface area contributed by atoms with E-state index >= 15 is 0 Å². The third-order valence-electron chi connectivity index (χ3n) is 4.70. The molecular weight excluding hydrogens is 438 g/mol. The highest BCUT2D eigenvalue weighted by atomic mass is 32.2. The van der Waals surface area contributed by atoms with E-state index in [4.69, 9.17) is 0 Å². The summed E-state index contributed by atoms with van der Waals surface area (Å²) in [5.74, 6) is -1.28. The zero-order chi connectivity index (χ0) is 24.0. The minimum atomic E-state index is -3.83. The number of nitrogens with zero attached hydrogens (tertiary/aromatic N) is 5. The normalized spacial score (nSPS) is 14.8. The van der Waals surface area contributed by atoms with Crippen molar-refractivity contribution in [1.29, 1.82) is 0 Å². The number of likely N-dealkylation sites (N-methyl/N-ethyl adjacent to an activating group) is 1. The van der Waals surface area contributed by atoms with Gasteiger partial charge >= 0.3 is 6.09 Å². The predicted octanol–water partition coefficient (Wildman–Crippen LogP) is 1.91. The Morgan fingerprint density at radius 1 is 1.22 bits per heavy atom. The summed E-state index contributed by atoms with van der Waals surface area (Å²) in [6.45, 7) is 4.87. The molecule has 0 bridgehead atoms. The average molecular weight is 462 g/mol. The number of amides is 3. The zero-order valence-corrected chi connectivity index (χ0v) is 19.0. The van der Waals surface area contributed by atoms with E-state index in [0.717, 1.165) is 22.3 Å². The van der Waals surface area contributed by atoms with Gasteiger partial charge in [-0.05, 0) is 39.0 Å². The molecule has 11 nitrogen and oxygen atoms in total. The van der Waals surface area contributed by atoms with E-state index in [-0.39, 0.29) is 29.3 Å². The fourth-order valence-corrected chi connectivity index (χ4v) is 3.84. The number of carboxylic acid groups (broad SMARTS) is 1. The van der Waals surface area contributed by atoms with Gasteiger partial charge in [-0.1, -0.05) is 6.07 Å². The van der Waals surface area contributed by atoms with Gasteiger partial charge in [0.15, 0.2) is 5.82 Å². The molecule has 0 saturated heterocycles. The van der Waals surface area contributed by atoms with Crippen LogP contribution in [0.15, 0.2) is 35.6 Å². The molecule has 1 aliphatic heterocycles. The third-order valence-corrected chi connectivity index (χ3v) is 5.56. The van der Waals surface area contributed by atoms with Crippen molar-refractivity contribution < 1.29 is 27.9 Å². The fourth-order valence-electron chi connectivity index (χ4n) is 3.35. The number of aromatic nitrogens is 2. The molecule has 1 N–H and O–H groups in total. The van der Waals surface area contributed by atoms with Gasteiger partial charge in [0.25, 0.3) is 11.8 Å². The predicted molar refractivity (Wildman–Crippen MR) is 116 cm³/mol. The summed E-state index contributed by atoms with van der Waals surface area (Å²) in [6.07, 6.45) is 0.806. The quantitative estimate of drug-likeness (QED) is 0.684. The van der Waals surface area contributed by atoms with Crippen LogP contribution in [-0.4, -0.2) is 71.7 Å². The lowest BCUT2D eigenvalue weighted by atomic mass is 10.1. The van der Waals surface area contributed by atoms with Crippen LogP contribution in [0.2, 0.25) is 0 Å². The van der Waals surface area contributed by atoms with Gasteiger partial charge in [0.2, 0.25) is 15.0 Å². The maximum absolute atomic E-state index is 13.1. The molecule has 0 spiro atoms. The van der Waals surface area contributed by atoms with Gasteiger partial charge in [0.05, 0.1) is 5.69 Å². The highest BCUT2D eigenvalue weighted by Crippen LogP contribution is 2.34. The van der Waals surface area contributed by atoms with Crippen LogP contribution >= 0.6 is 0 Å². The Balaban J connectivity index is 2.26. The highest BCUT2D eigenvalue weighted by molar-refractivity contribution is 7.90. The maximum atomic E-state index is 13.1. The van der Waals surface area contributed by atoms with Crippen LogP contribution in [0.5, 0.6) is 0 Å². The number of benzene rings is 1. The second kappa shape index (κ2) is 7.86. The minimum Gasteiger partial charge on any atom is -0.465 e. The van der Waals surface area contributed by atoms with Crippen molar-refractivity contribution in [3.63, 3.8) is 0 Å². The lowest BCUT2D eigenvalue weighted by Crippen LogP contribution is -2.45. The standard InChI is InChI=1S/C20H23N5O6S/c1-20(2,3)25(19(28)29)13-8-6-7-12(9-13)24-15(26)11-23(4)17(27)14-10-21-18(22-16(14)24)32(5,30)31/h6-10H,11H2,1-5H3,(H,28,29). The van der Waals surface area contributed by atoms with Crippen molar-refractivity contribution in [2.24, 2.45) is 0 Å². The van der Waals surface area contributed by atoms with E-state index in [1.54, 1.807) is 39.0 Å². The molecule has 0 radical (unpaired) electrons. The first-order valence-corrected chi connectivity index (χ1v) is 11.4. The van der Waals surface area contributed by atoms with Gasteiger partial charge in [-0.2, -0.15) is 4.98 Å². The summed E-state index contributed by atoms with van der Waals surface area (Å²) >= 11 is 0. The SMILES string of the molecule is CN1CC(=O)N(c2cccc(N(C(=O)O)C(C)(C)C)c2)c2nc(S(C)(=O)=O)ncc2C1=O. The minimum absolute atomic E-state index is 0.0536. The number of carbonyl (C=O) groups is 3. The molecule has 170 valence electrons. The van der Waals surface area contributed by atoms with Gasteiger partial charge in [0, 0.05) is 30.7 Å². The molecule has 0 atom stereocenters. The number of anilines is 3. The molecular formula is C20H23N5O6S. The van der Waals surface area contributed by atoms with Crippen molar-refractivity contribution in [3.8, 4) is 0 Å². The molecule has 1 aromatic carbocycles. The van der Waals surface area contributed by atoms with Gasteiger partial charge in [-0.25, -0.2) is 18.2 Å². The van der Waals surface area contributed by atoms with Crippen LogP contribution in [0.4, 0.5) is 22.0 Å². The number of rotatable bonds is 3. The summed E-state index contributed by atoms with van der Waals surface area (Å²) in [6, 6.07) is 6.16. The highest BCUT2D eigenvalue weighted by Gasteiger charge is 2.35. The first-order chi connectivity index (χ1) is 14.7. The van der Waals surface area contributed by atoms with Gasteiger partial charge < -0.3 is 10.0 Å². The first kappa shape index (κ1) is 23.1. The maximum Gasteiger partial charge on any atom is 0.412 e. The van der Waals surface area contributed by atoms with Crippen LogP contribution in [0.3, 0.4) is 0 Å². The van der Waals surface area contributed by atoms with Crippen molar-refractivity contribution in [2.75, 3.05) is 29.6 Å². The van der Waals surface area contributed by atoms with Crippen molar-refractivity contribution >= 4 is 44.9 Å². The zero-order valence-electron chi connectivity index (χ0n) is 18.2. The molecule has 3 amide bonds. The fraction of sp³-hybridized carbons (Fsp3) is 0.350. The van der Waals surface area contributed by atoms with Crippen LogP contribution in [0.1, 0.15) is 31.1 Å². The Hall–Kier alpha value is -3.54. The molecule has 1 aliphatic rings. The topological polar surface area (TPSA) is 141 Å². The second-order valence-electron chi connectivity index (χ2n) is 8.36. The molecule has 32 heavy (non-hydrogen) atoms. The van der Waals surface area contributed by atoms with E-state index in [9.17, 15) is 27.9 Å². The molecule has 12 heteroatoms. The van der Waals surface area contributed by atoms with E-state index in [0.29, 0.717) is 0 Å². The number of carbonyl (C=O) groups excluding carboxylic acids is 2. The van der Waals surface area contributed by atoms with Crippen molar-refractivity contribution in [1.82, 2.24) is 14.9 Å². The lowest BCUT2D eigenvalue weighted by Gasteiger charge is -2.33. The largest absolute Gasteiger partial charge is 0.465 e. The van der Waals surface area contributed by atoms with Gasteiger partial charge in [0.1, 0.15) is 12.1 Å². The number of fused-ring (bicyclic) bond motifs is 1. The van der Waals surface area contributed by atoms with E-state index in [1.165, 1.54) is 18.0 Å². The lowest BCUT2D eigenvalue weighted by molar-refractivity contribution is -0.118. The molecule has 2 heterocycles. The van der Waals surface area contributed by atoms with Crippen LogP contribution in [0, 0.1) is 0 Å². The molecule has 0 unspecified atom stereocenters. The van der Waals surface area contributed by atoms with Crippen LogP contribution < -0.4 is 9.80 Å². The molecule has 0 fully saturated rings. The number of hydrogen-bond donors (Lipinski definition) is 1.